The lowest BCUT2D eigenvalue weighted by Crippen LogP contribution is -2.61. The first-order chi connectivity index (χ1) is 17.9. The Morgan fingerprint density at radius 2 is 1.61 bits per heavy atom. The van der Waals surface area contributed by atoms with Gasteiger partial charge in [-0.25, -0.2) is 4.79 Å². The van der Waals surface area contributed by atoms with E-state index >= 15 is 0 Å². The molecule has 38 heavy (non-hydrogen) atoms. The zero-order chi connectivity index (χ0) is 27.6. The summed E-state index contributed by atoms with van der Waals surface area (Å²) in [5, 5.41) is 52.7. The summed E-state index contributed by atoms with van der Waals surface area (Å²) < 4.78 is 15.4. The van der Waals surface area contributed by atoms with Gasteiger partial charge in [-0.1, -0.05) is 13.8 Å². The van der Waals surface area contributed by atoms with E-state index < -0.39 is 60.1 Å². The maximum Gasteiger partial charge on any atom is 0.337 e. The molecule has 0 amide bonds. The maximum atomic E-state index is 13.5. The topological polar surface area (TPSA) is 163 Å². The Labute approximate surface area is 223 Å². The monoisotopic (exact) mass is 540 g/mol. The number of aliphatic hydroxyl groups is 5. The molecule has 13 atom stereocenters. The van der Waals surface area contributed by atoms with E-state index in [2.05, 4.69) is 11.7 Å². The molecule has 1 saturated heterocycles. The van der Waals surface area contributed by atoms with Crippen molar-refractivity contribution in [3.8, 4) is 0 Å². The number of rotatable bonds is 5. The minimum Gasteiger partial charge on any atom is -0.467 e. The molecule has 0 aromatic rings. The molecule has 5 aliphatic rings. The fourth-order valence-electron chi connectivity index (χ4n) is 9.28. The molecule has 1 heterocycles. The highest BCUT2D eigenvalue weighted by molar-refractivity contribution is 5.89. The van der Waals surface area contributed by atoms with Gasteiger partial charge in [0, 0.05) is 5.41 Å². The van der Waals surface area contributed by atoms with E-state index in [1.54, 1.807) is 0 Å². The fourth-order valence-corrected chi connectivity index (χ4v) is 9.28. The minimum atomic E-state index is -1.74. The summed E-state index contributed by atoms with van der Waals surface area (Å²) in [5.74, 6) is 0.227. The molecule has 0 radical (unpaired) electrons. The fraction of sp³-hybridized carbons (Fsp3) is 0.929. The van der Waals surface area contributed by atoms with Gasteiger partial charge in [0.05, 0.1) is 13.2 Å². The first-order valence-corrected chi connectivity index (χ1v) is 14.2. The molecule has 10 heteroatoms. The summed E-state index contributed by atoms with van der Waals surface area (Å²) in [6.07, 6.45) is -0.873. The quantitative estimate of drug-likeness (QED) is 0.314. The van der Waals surface area contributed by atoms with Crippen LogP contribution in [0.25, 0.3) is 0 Å². The number of carbonyl (C=O) groups excluding carboxylic acids is 2. The van der Waals surface area contributed by atoms with Crippen LogP contribution in [0.4, 0.5) is 0 Å². The first kappa shape index (κ1) is 28.4. The molecule has 4 aliphatic carbocycles. The van der Waals surface area contributed by atoms with Gasteiger partial charge in [-0.15, -0.1) is 0 Å². The summed E-state index contributed by atoms with van der Waals surface area (Å²) >= 11 is 0. The average molecular weight is 541 g/mol. The van der Waals surface area contributed by atoms with Gasteiger partial charge in [-0.2, -0.15) is 0 Å². The Bertz CT molecular complexity index is 927. The van der Waals surface area contributed by atoms with Gasteiger partial charge in [0.25, 0.3) is 0 Å². The highest BCUT2D eigenvalue weighted by atomic mass is 16.7. The molecule has 0 aromatic carbocycles. The normalized spacial score (nSPS) is 52.4. The third kappa shape index (κ3) is 4.17. The van der Waals surface area contributed by atoms with Gasteiger partial charge < -0.3 is 39.7 Å². The van der Waals surface area contributed by atoms with Crippen LogP contribution in [0.15, 0.2) is 0 Å². The SMILES string of the molecule is COC(=O)[C@@H]1O[C@H](OCC(=O)[C@]2(O)CC[C@@H]3[C@H]4CC[C@H]5C[C@@H](O)CC[C@]5(C)[C@@H]4CC[C@@]32C)[C@H](O)[C@H](O)[C@@H]1O. The van der Waals surface area contributed by atoms with Crippen molar-refractivity contribution >= 4 is 11.8 Å². The van der Waals surface area contributed by atoms with E-state index in [1.165, 1.54) is 0 Å². The van der Waals surface area contributed by atoms with Crippen LogP contribution in [0, 0.1) is 34.5 Å². The molecule has 0 spiro atoms. The number of hydrogen-bond donors (Lipinski definition) is 5. The Morgan fingerprint density at radius 3 is 2.32 bits per heavy atom. The predicted octanol–water partition coefficient (Wildman–Crippen LogP) is 0.687. The first-order valence-electron chi connectivity index (χ1n) is 14.2. The van der Waals surface area contributed by atoms with E-state index in [4.69, 9.17) is 9.47 Å². The Balaban J connectivity index is 1.28. The maximum absolute atomic E-state index is 13.5. The molecule has 1 aliphatic heterocycles. The minimum absolute atomic E-state index is 0.188. The summed E-state index contributed by atoms with van der Waals surface area (Å²) in [4.78, 5) is 25.5. The number of aliphatic hydroxyl groups excluding tert-OH is 4. The molecular formula is C28H44O10. The van der Waals surface area contributed by atoms with E-state index in [0.29, 0.717) is 24.2 Å². The number of methoxy groups -OCH3 is 1. The lowest BCUT2D eigenvalue weighted by Gasteiger charge is -2.61. The van der Waals surface area contributed by atoms with Crippen LogP contribution in [0.1, 0.15) is 71.6 Å². The number of carbonyl (C=O) groups is 2. The predicted molar refractivity (Wildman–Crippen MR) is 132 cm³/mol. The molecule has 10 nitrogen and oxygen atoms in total. The van der Waals surface area contributed by atoms with Gasteiger partial charge in [-0.3, -0.25) is 4.79 Å². The van der Waals surface area contributed by atoms with Crippen LogP contribution in [-0.2, 0) is 23.8 Å². The van der Waals surface area contributed by atoms with Gasteiger partial charge >= 0.3 is 5.97 Å². The van der Waals surface area contributed by atoms with Crippen LogP contribution in [0.2, 0.25) is 0 Å². The van der Waals surface area contributed by atoms with Gasteiger partial charge in [0.2, 0.25) is 0 Å². The van der Waals surface area contributed by atoms with Crippen LogP contribution < -0.4 is 0 Å². The van der Waals surface area contributed by atoms with Crippen molar-refractivity contribution in [2.24, 2.45) is 34.5 Å². The zero-order valence-electron chi connectivity index (χ0n) is 22.6. The molecule has 0 aromatic heterocycles. The van der Waals surface area contributed by atoms with Crippen LogP contribution in [0.3, 0.4) is 0 Å². The van der Waals surface area contributed by atoms with Crippen molar-refractivity contribution in [1.29, 1.82) is 0 Å². The third-order valence-corrected chi connectivity index (χ3v) is 11.6. The average Bonchev–Trinajstić information content (AvgIpc) is 3.18. The van der Waals surface area contributed by atoms with Crippen LogP contribution in [0.5, 0.6) is 0 Å². The lowest BCUT2D eigenvalue weighted by molar-refractivity contribution is -0.293. The largest absolute Gasteiger partial charge is 0.467 e. The van der Waals surface area contributed by atoms with E-state index in [1.807, 2.05) is 6.92 Å². The lowest BCUT2D eigenvalue weighted by atomic mass is 9.44. The number of hydrogen-bond acceptors (Lipinski definition) is 10. The number of fused-ring (bicyclic) bond motifs is 5. The molecule has 216 valence electrons. The van der Waals surface area contributed by atoms with Crippen molar-refractivity contribution in [2.45, 2.75) is 114 Å². The molecule has 4 saturated carbocycles. The number of ketones is 1. The molecular weight excluding hydrogens is 496 g/mol. The number of esters is 1. The molecule has 0 bridgehead atoms. The molecule has 5 fully saturated rings. The standard InChI is InChI=1S/C28H44O10/c1-26-9-6-15(29)12-14(26)4-5-16-17(26)7-10-27(2)18(16)8-11-28(27,35)19(30)13-37-25-22(33)20(31)21(32)23(38-25)24(34)36-3/h14-18,20-23,25,29,31-33,35H,4-13H2,1-3H3/t14-,15-,16-,17+,18+,20+,21-,22+,23+,25-,26-,27-,28+/m0/s1. The van der Waals surface area contributed by atoms with E-state index in [0.717, 1.165) is 58.5 Å². The van der Waals surface area contributed by atoms with Gasteiger partial charge in [0.15, 0.2) is 18.2 Å². The summed E-state index contributed by atoms with van der Waals surface area (Å²) in [6, 6.07) is 0. The Morgan fingerprint density at radius 1 is 0.895 bits per heavy atom. The zero-order valence-corrected chi connectivity index (χ0v) is 22.6. The van der Waals surface area contributed by atoms with Crippen molar-refractivity contribution in [3.05, 3.63) is 0 Å². The van der Waals surface area contributed by atoms with Crippen molar-refractivity contribution < 1.29 is 49.3 Å². The highest BCUT2D eigenvalue weighted by Gasteiger charge is 2.66. The summed E-state index contributed by atoms with van der Waals surface area (Å²) in [6.45, 7) is 3.85. The summed E-state index contributed by atoms with van der Waals surface area (Å²) in [5.41, 5.74) is -2.02. The van der Waals surface area contributed by atoms with E-state index in [9.17, 15) is 35.1 Å². The number of ether oxygens (including phenoxy) is 3. The Kier molecular flexibility index (Phi) is 7.51. The smallest absolute Gasteiger partial charge is 0.337 e. The van der Waals surface area contributed by atoms with Crippen molar-refractivity contribution in [2.75, 3.05) is 13.7 Å². The molecule has 5 N–H and O–H groups in total. The van der Waals surface area contributed by atoms with Gasteiger partial charge in [-0.05, 0) is 86.9 Å². The van der Waals surface area contributed by atoms with Crippen molar-refractivity contribution in [3.63, 3.8) is 0 Å². The van der Waals surface area contributed by atoms with E-state index in [-0.39, 0.29) is 17.4 Å². The molecule has 5 rings (SSSR count). The summed E-state index contributed by atoms with van der Waals surface area (Å²) in [7, 11) is 1.10. The van der Waals surface area contributed by atoms with Crippen molar-refractivity contribution in [1.82, 2.24) is 0 Å². The number of Topliss-reactive ketones (excluding diaryl/α,β-unsaturated/α-hetero) is 1. The second kappa shape index (κ2) is 10.0. The van der Waals surface area contributed by atoms with Gasteiger partial charge in [0.1, 0.15) is 30.5 Å². The highest BCUT2D eigenvalue weighted by Crippen LogP contribution is 2.68. The third-order valence-electron chi connectivity index (χ3n) is 11.6. The van der Waals surface area contributed by atoms with Crippen LogP contribution >= 0.6 is 0 Å². The second-order valence-corrected chi connectivity index (χ2v) is 13.1. The van der Waals surface area contributed by atoms with Crippen LogP contribution in [-0.4, -0.2) is 93.4 Å². The second-order valence-electron chi connectivity index (χ2n) is 13.1. The Hall–Kier alpha value is -1.14. The molecule has 0 unspecified atom stereocenters.